The van der Waals surface area contributed by atoms with E-state index in [-0.39, 0.29) is 16.5 Å². The molecule has 1 aromatic rings. The Balaban J connectivity index is 2.66. The zero-order chi connectivity index (χ0) is 12.6. The molecule has 17 heavy (non-hydrogen) atoms. The largest absolute Gasteiger partial charge is 0.280 e. The average Bonchev–Trinajstić information content (AvgIpc) is 2.46. The fourth-order valence-corrected chi connectivity index (χ4v) is 3.89. The highest BCUT2D eigenvalue weighted by Crippen LogP contribution is 2.36. The molecule has 0 saturated carbocycles. The molecule has 1 amide bonds. The van der Waals surface area contributed by atoms with E-state index in [4.69, 9.17) is 11.6 Å². The van der Waals surface area contributed by atoms with Gasteiger partial charge in [-0.25, -0.2) is 12.7 Å². The predicted molar refractivity (Wildman–Crippen MR) is 65.5 cm³/mol. The molecule has 0 saturated heterocycles. The third kappa shape index (κ3) is 1.75. The number of hydrogen-bond donors (Lipinski definition) is 0. The maximum Gasteiger partial charge on any atom is 0.280 e. The Morgan fingerprint density at radius 2 is 1.82 bits per heavy atom. The highest BCUT2D eigenvalue weighted by atomic mass is 35.5. The molecule has 1 aliphatic heterocycles. The molecule has 90 valence electrons. The van der Waals surface area contributed by atoms with Crippen LogP contribution in [0.1, 0.15) is 12.5 Å². The highest BCUT2D eigenvalue weighted by molar-refractivity contribution is 7.99. The van der Waals surface area contributed by atoms with Crippen LogP contribution in [0, 0.1) is 0 Å². The smallest absolute Gasteiger partial charge is 0.267 e. The third-order valence-corrected chi connectivity index (χ3v) is 4.91. The quantitative estimate of drug-likeness (QED) is 0.824. The van der Waals surface area contributed by atoms with Crippen molar-refractivity contribution in [1.82, 2.24) is 4.31 Å². The number of benzene rings is 1. The molecule has 0 spiro atoms. The molecule has 0 N–H and O–H groups in total. The van der Waals surface area contributed by atoms with Crippen molar-refractivity contribution in [3.63, 3.8) is 0 Å². The highest BCUT2D eigenvalue weighted by Gasteiger charge is 2.42. The SMILES string of the molecule is CCN1C(=O)C(Cl)=C(c2ccccc2)S1(=O)=O. The fourth-order valence-electron chi connectivity index (χ4n) is 1.72. The Kier molecular flexibility index (Phi) is 2.97. The van der Waals surface area contributed by atoms with E-state index in [9.17, 15) is 13.2 Å². The van der Waals surface area contributed by atoms with Gasteiger partial charge < -0.3 is 0 Å². The summed E-state index contributed by atoms with van der Waals surface area (Å²) in [6.07, 6.45) is 0. The van der Waals surface area contributed by atoms with Crippen LogP contribution in [0.15, 0.2) is 35.4 Å². The maximum absolute atomic E-state index is 12.1. The first-order chi connectivity index (χ1) is 8.00. The van der Waals surface area contributed by atoms with Gasteiger partial charge in [0.15, 0.2) is 0 Å². The lowest BCUT2D eigenvalue weighted by Gasteiger charge is -2.13. The number of halogens is 1. The van der Waals surface area contributed by atoms with Crippen molar-refractivity contribution in [3.8, 4) is 0 Å². The van der Waals surface area contributed by atoms with Crippen molar-refractivity contribution < 1.29 is 13.2 Å². The van der Waals surface area contributed by atoms with Crippen molar-refractivity contribution in [2.45, 2.75) is 6.92 Å². The summed E-state index contributed by atoms with van der Waals surface area (Å²) in [5.74, 6) is -0.659. The van der Waals surface area contributed by atoms with E-state index in [2.05, 4.69) is 0 Å². The molecule has 0 bridgehead atoms. The number of amides is 1. The minimum atomic E-state index is -3.80. The van der Waals surface area contributed by atoms with Gasteiger partial charge in [-0.05, 0) is 12.5 Å². The van der Waals surface area contributed by atoms with Gasteiger partial charge in [0, 0.05) is 6.54 Å². The monoisotopic (exact) mass is 271 g/mol. The first kappa shape index (κ1) is 12.1. The van der Waals surface area contributed by atoms with Crippen molar-refractivity contribution in [2.75, 3.05) is 6.54 Å². The Bertz CT molecular complexity index is 592. The van der Waals surface area contributed by atoms with Crippen molar-refractivity contribution in [3.05, 3.63) is 40.9 Å². The van der Waals surface area contributed by atoms with Crippen molar-refractivity contribution >= 4 is 32.4 Å². The summed E-state index contributed by atoms with van der Waals surface area (Å²) >= 11 is 5.83. The maximum atomic E-state index is 12.1. The predicted octanol–water partition coefficient (Wildman–Crippen LogP) is 1.79. The van der Waals surface area contributed by atoms with Crippen LogP contribution >= 0.6 is 11.6 Å². The minimum Gasteiger partial charge on any atom is -0.267 e. The molecule has 1 aromatic carbocycles. The summed E-state index contributed by atoms with van der Waals surface area (Å²) in [6.45, 7) is 1.67. The number of likely N-dealkylation sites (N-methyl/N-ethyl adjacent to an activating group) is 1. The summed E-state index contributed by atoms with van der Waals surface area (Å²) < 4.78 is 25.0. The van der Waals surface area contributed by atoms with E-state index in [1.807, 2.05) is 0 Å². The molecule has 0 atom stereocenters. The van der Waals surface area contributed by atoms with Gasteiger partial charge in [0.05, 0.1) is 0 Å². The number of rotatable bonds is 2. The number of carbonyl (C=O) groups excluding carboxylic acids is 1. The summed E-state index contributed by atoms with van der Waals surface area (Å²) in [7, 11) is -3.80. The van der Waals surface area contributed by atoms with Crippen molar-refractivity contribution in [1.29, 1.82) is 0 Å². The van der Waals surface area contributed by atoms with Gasteiger partial charge in [-0.3, -0.25) is 4.79 Å². The molecule has 1 aliphatic rings. The van der Waals surface area contributed by atoms with Gasteiger partial charge in [-0.2, -0.15) is 0 Å². The molecule has 0 radical (unpaired) electrons. The second kappa shape index (κ2) is 4.16. The fraction of sp³-hybridized carbons (Fsp3) is 0.182. The van der Waals surface area contributed by atoms with Crippen LogP contribution in [0.5, 0.6) is 0 Å². The molecular formula is C11H10ClNO3S. The third-order valence-electron chi connectivity index (χ3n) is 2.48. The standard InChI is InChI=1S/C11H10ClNO3S/c1-2-13-11(14)9(12)10(17(13,15)16)8-6-4-3-5-7-8/h3-7H,2H2,1H3. The summed E-state index contributed by atoms with van der Waals surface area (Å²) in [4.78, 5) is 11.6. The lowest BCUT2D eigenvalue weighted by Crippen LogP contribution is -2.30. The Morgan fingerprint density at radius 1 is 1.24 bits per heavy atom. The van der Waals surface area contributed by atoms with E-state index in [0.717, 1.165) is 4.31 Å². The van der Waals surface area contributed by atoms with Crippen LogP contribution in [-0.4, -0.2) is 25.2 Å². The van der Waals surface area contributed by atoms with Crippen LogP contribution < -0.4 is 0 Å². The molecule has 1 heterocycles. The number of nitrogens with zero attached hydrogens (tertiary/aromatic N) is 1. The van der Waals surface area contributed by atoms with E-state index in [1.54, 1.807) is 37.3 Å². The van der Waals surface area contributed by atoms with Gasteiger partial charge in [0.1, 0.15) is 9.94 Å². The van der Waals surface area contributed by atoms with Gasteiger partial charge >= 0.3 is 0 Å². The molecule has 0 aromatic heterocycles. The van der Waals surface area contributed by atoms with E-state index in [1.165, 1.54) is 0 Å². The molecule has 4 nitrogen and oxygen atoms in total. The Morgan fingerprint density at radius 3 is 2.29 bits per heavy atom. The second-order valence-electron chi connectivity index (χ2n) is 3.48. The van der Waals surface area contributed by atoms with Gasteiger partial charge in [-0.15, -0.1) is 0 Å². The number of carbonyl (C=O) groups is 1. The first-order valence-electron chi connectivity index (χ1n) is 5.02. The summed E-state index contributed by atoms with van der Waals surface area (Å²) in [6, 6.07) is 8.38. The van der Waals surface area contributed by atoms with E-state index in [0.29, 0.717) is 5.56 Å². The normalized spacial score (nSPS) is 18.9. The molecule has 0 unspecified atom stereocenters. The molecule has 0 fully saturated rings. The number of sulfonamides is 1. The van der Waals surface area contributed by atoms with Crippen LogP contribution in [0.4, 0.5) is 0 Å². The van der Waals surface area contributed by atoms with E-state index >= 15 is 0 Å². The Labute approximate surface area is 105 Å². The van der Waals surface area contributed by atoms with E-state index < -0.39 is 15.9 Å². The molecule has 0 aliphatic carbocycles. The van der Waals surface area contributed by atoms with Crippen LogP contribution in [0.25, 0.3) is 4.91 Å². The van der Waals surface area contributed by atoms with Gasteiger partial charge in [0.2, 0.25) is 0 Å². The Hall–Kier alpha value is -1.33. The summed E-state index contributed by atoms with van der Waals surface area (Å²) in [5, 5.41) is -0.238. The van der Waals surface area contributed by atoms with Gasteiger partial charge in [0.25, 0.3) is 15.9 Å². The van der Waals surface area contributed by atoms with Crippen LogP contribution in [0.2, 0.25) is 0 Å². The second-order valence-corrected chi connectivity index (χ2v) is 5.66. The van der Waals surface area contributed by atoms with Gasteiger partial charge in [-0.1, -0.05) is 41.9 Å². The van der Waals surface area contributed by atoms with Crippen molar-refractivity contribution in [2.24, 2.45) is 0 Å². The molecule has 6 heteroatoms. The number of hydrogen-bond acceptors (Lipinski definition) is 3. The zero-order valence-corrected chi connectivity index (χ0v) is 10.6. The zero-order valence-electron chi connectivity index (χ0n) is 9.05. The lowest BCUT2D eigenvalue weighted by atomic mass is 10.2. The first-order valence-corrected chi connectivity index (χ1v) is 6.84. The summed E-state index contributed by atoms with van der Waals surface area (Å²) in [5.41, 5.74) is 0.432. The lowest BCUT2D eigenvalue weighted by molar-refractivity contribution is -0.121. The minimum absolute atomic E-state index is 0.0771. The molecular weight excluding hydrogens is 262 g/mol. The topological polar surface area (TPSA) is 54.5 Å². The van der Waals surface area contributed by atoms with Crippen LogP contribution in [-0.2, 0) is 14.8 Å². The van der Waals surface area contributed by atoms with Crippen LogP contribution in [0.3, 0.4) is 0 Å². The molecule has 2 rings (SSSR count). The average molecular weight is 272 g/mol.